The maximum absolute atomic E-state index is 12.3. The van der Waals surface area contributed by atoms with Crippen LogP contribution < -0.4 is 0 Å². The number of aryl methyl sites for hydroxylation is 1. The summed E-state index contributed by atoms with van der Waals surface area (Å²) in [4.78, 5) is 20.8. The minimum absolute atomic E-state index is 0.0580. The van der Waals surface area contributed by atoms with E-state index in [0.29, 0.717) is 11.7 Å². The fourth-order valence-corrected chi connectivity index (χ4v) is 2.93. The molecule has 6 heteroatoms. The van der Waals surface area contributed by atoms with Crippen molar-refractivity contribution in [3.05, 3.63) is 16.1 Å². The molecule has 0 saturated carbocycles. The number of methoxy groups -OCH3 is 1. The molecular weight excluding hydrogens is 262 g/mol. The van der Waals surface area contributed by atoms with Gasteiger partial charge in [0.25, 0.3) is 5.91 Å². The average molecular weight is 283 g/mol. The zero-order valence-electron chi connectivity index (χ0n) is 11.8. The summed E-state index contributed by atoms with van der Waals surface area (Å²) in [5, 5.41) is 2.79. The summed E-state index contributed by atoms with van der Waals surface area (Å²) in [7, 11) is 1.72. The van der Waals surface area contributed by atoms with Crippen LogP contribution in [-0.4, -0.2) is 66.6 Å². The zero-order chi connectivity index (χ0) is 13.8. The molecular formula is C13H21N3O2S. The topological polar surface area (TPSA) is 45.7 Å². The Balaban J connectivity index is 1.92. The highest BCUT2D eigenvalue weighted by atomic mass is 32.1. The van der Waals surface area contributed by atoms with E-state index in [1.807, 2.05) is 17.2 Å². The van der Waals surface area contributed by atoms with Gasteiger partial charge in [-0.05, 0) is 13.8 Å². The number of ether oxygens (including phenoxy) is 1. The van der Waals surface area contributed by atoms with Gasteiger partial charge in [-0.15, -0.1) is 11.3 Å². The van der Waals surface area contributed by atoms with Gasteiger partial charge in [0.15, 0.2) is 0 Å². The predicted molar refractivity (Wildman–Crippen MR) is 75.7 cm³/mol. The molecule has 1 atom stereocenters. The van der Waals surface area contributed by atoms with Crippen molar-refractivity contribution in [1.82, 2.24) is 14.8 Å². The summed E-state index contributed by atoms with van der Waals surface area (Å²) in [5.41, 5.74) is 0.583. The summed E-state index contributed by atoms with van der Waals surface area (Å²) in [6, 6.07) is 0.368. The van der Waals surface area contributed by atoms with Crippen LogP contribution in [0.4, 0.5) is 0 Å². The average Bonchev–Trinajstić information content (AvgIpc) is 2.83. The number of nitrogens with zero attached hydrogens (tertiary/aromatic N) is 3. The van der Waals surface area contributed by atoms with Crippen LogP contribution in [0.3, 0.4) is 0 Å². The van der Waals surface area contributed by atoms with Crippen LogP contribution in [0, 0.1) is 6.92 Å². The Morgan fingerprint density at radius 2 is 2.37 bits per heavy atom. The normalized spacial score (nSPS) is 20.8. The molecule has 2 rings (SSSR count). The number of aromatic nitrogens is 1. The molecule has 0 N–H and O–H groups in total. The quantitative estimate of drug-likeness (QED) is 0.834. The third kappa shape index (κ3) is 3.52. The van der Waals surface area contributed by atoms with Crippen molar-refractivity contribution >= 4 is 17.2 Å². The van der Waals surface area contributed by atoms with Crippen LogP contribution in [0.2, 0.25) is 0 Å². The molecule has 19 heavy (non-hydrogen) atoms. The molecule has 1 aliphatic rings. The van der Waals surface area contributed by atoms with E-state index in [0.717, 1.165) is 37.8 Å². The molecule has 0 spiro atoms. The smallest absolute Gasteiger partial charge is 0.273 e. The summed E-state index contributed by atoms with van der Waals surface area (Å²) >= 11 is 1.52. The maximum atomic E-state index is 12.3. The van der Waals surface area contributed by atoms with Crippen molar-refractivity contribution in [1.29, 1.82) is 0 Å². The van der Waals surface area contributed by atoms with Gasteiger partial charge in [-0.3, -0.25) is 9.69 Å². The van der Waals surface area contributed by atoms with Crippen molar-refractivity contribution < 1.29 is 9.53 Å². The molecule has 0 aromatic carbocycles. The number of piperazine rings is 1. The van der Waals surface area contributed by atoms with Gasteiger partial charge in [0, 0.05) is 44.7 Å². The lowest BCUT2D eigenvalue weighted by atomic mass is 10.2. The van der Waals surface area contributed by atoms with E-state index in [2.05, 4.69) is 16.8 Å². The number of amides is 1. The molecule has 0 radical (unpaired) electrons. The van der Waals surface area contributed by atoms with E-state index in [-0.39, 0.29) is 5.91 Å². The number of hydrogen-bond donors (Lipinski definition) is 0. The zero-order valence-corrected chi connectivity index (χ0v) is 12.6. The van der Waals surface area contributed by atoms with Crippen molar-refractivity contribution in [2.24, 2.45) is 0 Å². The van der Waals surface area contributed by atoms with Crippen molar-refractivity contribution in [3.63, 3.8) is 0 Å². The molecule has 0 bridgehead atoms. The molecule has 1 amide bonds. The Kier molecular flexibility index (Phi) is 4.90. The Bertz CT molecular complexity index is 435. The second-order valence-corrected chi connectivity index (χ2v) is 5.94. The minimum atomic E-state index is 0.0580. The van der Waals surface area contributed by atoms with Crippen molar-refractivity contribution in [3.8, 4) is 0 Å². The van der Waals surface area contributed by atoms with E-state index in [1.165, 1.54) is 11.3 Å². The van der Waals surface area contributed by atoms with E-state index in [1.54, 1.807) is 7.11 Å². The van der Waals surface area contributed by atoms with E-state index >= 15 is 0 Å². The summed E-state index contributed by atoms with van der Waals surface area (Å²) in [6.07, 6.45) is 0. The van der Waals surface area contributed by atoms with Crippen molar-refractivity contribution in [2.75, 3.05) is 39.9 Å². The van der Waals surface area contributed by atoms with Gasteiger partial charge in [0.1, 0.15) is 5.69 Å². The molecule has 1 unspecified atom stereocenters. The summed E-state index contributed by atoms with van der Waals surface area (Å²) in [5.74, 6) is 0.0580. The molecule has 106 valence electrons. The van der Waals surface area contributed by atoms with Crippen LogP contribution >= 0.6 is 11.3 Å². The van der Waals surface area contributed by atoms with E-state index in [4.69, 9.17) is 4.74 Å². The van der Waals surface area contributed by atoms with Gasteiger partial charge in [-0.1, -0.05) is 0 Å². The van der Waals surface area contributed by atoms with E-state index in [9.17, 15) is 4.79 Å². The lowest BCUT2D eigenvalue weighted by molar-refractivity contribution is 0.0430. The number of carbonyl (C=O) groups is 1. The number of carbonyl (C=O) groups excluding carboxylic acids is 1. The molecule has 1 aromatic heterocycles. The Morgan fingerprint density at radius 3 is 2.95 bits per heavy atom. The number of hydrogen-bond acceptors (Lipinski definition) is 5. The molecule has 1 aromatic rings. The van der Waals surface area contributed by atoms with Crippen LogP contribution in [0.5, 0.6) is 0 Å². The fraction of sp³-hybridized carbons (Fsp3) is 0.692. The molecule has 2 heterocycles. The molecule has 1 aliphatic heterocycles. The molecule has 1 fully saturated rings. The Morgan fingerprint density at radius 1 is 1.58 bits per heavy atom. The van der Waals surface area contributed by atoms with Crippen LogP contribution in [-0.2, 0) is 4.74 Å². The summed E-state index contributed by atoms with van der Waals surface area (Å²) < 4.78 is 5.11. The molecule has 5 nitrogen and oxygen atoms in total. The predicted octanol–water partition coefficient (Wildman–Crippen LogP) is 1.24. The van der Waals surface area contributed by atoms with Crippen LogP contribution in [0.1, 0.15) is 22.4 Å². The van der Waals surface area contributed by atoms with Crippen LogP contribution in [0.15, 0.2) is 5.38 Å². The number of rotatable bonds is 4. The third-order valence-corrected chi connectivity index (χ3v) is 4.25. The monoisotopic (exact) mass is 283 g/mol. The van der Waals surface area contributed by atoms with Gasteiger partial charge < -0.3 is 9.64 Å². The second-order valence-electron chi connectivity index (χ2n) is 4.88. The lowest BCUT2D eigenvalue weighted by Crippen LogP contribution is -2.54. The highest BCUT2D eigenvalue weighted by Crippen LogP contribution is 2.15. The first-order valence-corrected chi connectivity index (χ1v) is 7.44. The first kappa shape index (κ1) is 14.4. The summed E-state index contributed by atoms with van der Waals surface area (Å²) in [6.45, 7) is 8.18. The minimum Gasteiger partial charge on any atom is -0.383 e. The third-order valence-electron chi connectivity index (χ3n) is 3.47. The van der Waals surface area contributed by atoms with Gasteiger partial charge in [-0.2, -0.15) is 0 Å². The highest BCUT2D eigenvalue weighted by Gasteiger charge is 2.27. The Labute approximate surface area is 118 Å². The van der Waals surface area contributed by atoms with Gasteiger partial charge in [0.2, 0.25) is 0 Å². The molecule has 1 saturated heterocycles. The van der Waals surface area contributed by atoms with Gasteiger partial charge in [0.05, 0.1) is 11.6 Å². The highest BCUT2D eigenvalue weighted by molar-refractivity contribution is 7.09. The lowest BCUT2D eigenvalue weighted by Gasteiger charge is -2.39. The SMILES string of the molecule is COCCN1CCN(C(=O)c2csc(C)n2)CC1C. The second kappa shape index (κ2) is 6.45. The van der Waals surface area contributed by atoms with E-state index < -0.39 is 0 Å². The standard InChI is InChI=1S/C13H21N3O2S/c1-10-8-16(5-4-15(10)6-7-18-3)13(17)12-9-19-11(2)14-12/h9-10H,4-8H2,1-3H3. The van der Waals surface area contributed by atoms with Gasteiger partial charge in [-0.25, -0.2) is 4.98 Å². The first-order valence-electron chi connectivity index (χ1n) is 6.56. The van der Waals surface area contributed by atoms with Crippen molar-refractivity contribution in [2.45, 2.75) is 19.9 Å². The van der Waals surface area contributed by atoms with Gasteiger partial charge >= 0.3 is 0 Å². The fourth-order valence-electron chi connectivity index (χ4n) is 2.34. The maximum Gasteiger partial charge on any atom is 0.273 e. The molecule has 0 aliphatic carbocycles. The Hall–Kier alpha value is -0.980. The first-order chi connectivity index (χ1) is 9.11. The van der Waals surface area contributed by atoms with Crippen LogP contribution in [0.25, 0.3) is 0 Å². The largest absolute Gasteiger partial charge is 0.383 e. The number of thiazole rings is 1.